The highest BCUT2D eigenvalue weighted by Gasteiger charge is 2.30. The second-order valence-corrected chi connectivity index (χ2v) is 5.18. The number of nitrogens with zero attached hydrogens (tertiary/aromatic N) is 2. The van der Waals surface area contributed by atoms with Gasteiger partial charge in [0.25, 0.3) is 0 Å². The standard InChI is InChI=1S/C16H16N2O2/c1-10-7-8-13(16(19)20)15(17-10)18-11(2)9-12-5-3-4-6-14(12)18/h3-8,11H,9H2,1-2H3,(H,19,20). The number of pyridine rings is 1. The second-order valence-electron chi connectivity index (χ2n) is 5.18. The van der Waals surface area contributed by atoms with Gasteiger partial charge in [-0.05, 0) is 44.0 Å². The van der Waals surface area contributed by atoms with Gasteiger partial charge in [0.15, 0.2) is 0 Å². The van der Waals surface area contributed by atoms with E-state index in [9.17, 15) is 9.90 Å². The Morgan fingerprint density at radius 1 is 1.30 bits per heavy atom. The quantitative estimate of drug-likeness (QED) is 0.909. The van der Waals surface area contributed by atoms with Gasteiger partial charge in [0.05, 0.1) is 0 Å². The fourth-order valence-electron chi connectivity index (χ4n) is 2.78. The topological polar surface area (TPSA) is 53.4 Å². The Labute approximate surface area is 117 Å². The highest BCUT2D eigenvalue weighted by atomic mass is 16.4. The third-order valence-corrected chi connectivity index (χ3v) is 3.68. The van der Waals surface area contributed by atoms with Gasteiger partial charge in [-0.15, -0.1) is 0 Å². The number of aryl methyl sites for hydroxylation is 1. The molecule has 0 saturated carbocycles. The van der Waals surface area contributed by atoms with Crippen LogP contribution in [0, 0.1) is 6.92 Å². The molecule has 2 aromatic rings. The van der Waals surface area contributed by atoms with Crippen molar-refractivity contribution in [3.63, 3.8) is 0 Å². The first-order valence-corrected chi connectivity index (χ1v) is 6.66. The summed E-state index contributed by atoms with van der Waals surface area (Å²) in [5.41, 5.74) is 3.36. The summed E-state index contributed by atoms with van der Waals surface area (Å²) < 4.78 is 0. The van der Waals surface area contributed by atoms with Crippen molar-refractivity contribution >= 4 is 17.5 Å². The highest BCUT2D eigenvalue weighted by Crippen LogP contribution is 2.38. The largest absolute Gasteiger partial charge is 0.478 e. The van der Waals surface area contributed by atoms with Crippen LogP contribution in [0.3, 0.4) is 0 Å². The number of carboxylic acids is 1. The maximum Gasteiger partial charge on any atom is 0.339 e. The Kier molecular flexibility index (Phi) is 2.93. The van der Waals surface area contributed by atoms with E-state index in [4.69, 9.17) is 0 Å². The summed E-state index contributed by atoms with van der Waals surface area (Å²) in [6.07, 6.45) is 0.908. The predicted octanol–water partition coefficient (Wildman–Crippen LogP) is 3.17. The summed E-state index contributed by atoms with van der Waals surface area (Å²) in [5.74, 6) is -0.404. The van der Waals surface area contributed by atoms with Gasteiger partial charge < -0.3 is 10.0 Å². The van der Waals surface area contributed by atoms with Crippen molar-refractivity contribution in [2.24, 2.45) is 0 Å². The Bertz CT molecular complexity index is 682. The van der Waals surface area contributed by atoms with Gasteiger partial charge in [0.1, 0.15) is 11.4 Å². The number of hydrogen-bond donors (Lipinski definition) is 1. The smallest absolute Gasteiger partial charge is 0.339 e. The van der Waals surface area contributed by atoms with Crippen molar-refractivity contribution in [3.8, 4) is 0 Å². The Hall–Kier alpha value is -2.36. The molecule has 0 aliphatic carbocycles. The van der Waals surface area contributed by atoms with Crippen LogP contribution in [0.5, 0.6) is 0 Å². The van der Waals surface area contributed by atoms with Crippen LogP contribution in [0.4, 0.5) is 11.5 Å². The van der Waals surface area contributed by atoms with E-state index in [1.165, 1.54) is 5.56 Å². The monoisotopic (exact) mass is 268 g/mol. The molecule has 1 aromatic carbocycles. The number of carbonyl (C=O) groups is 1. The van der Waals surface area contributed by atoms with Gasteiger partial charge >= 0.3 is 5.97 Å². The Balaban J connectivity index is 2.18. The zero-order chi connectivity index (χ0) is 14.3. The minimum absolute atomic E-state index is 0.208. The van der Waals surface area contributed by atoms with Crippen LogP contribution in [0.1, 0.15) is 28.5 Å². The van der Waals surface area contributed by atoms with E-state index in [-0.39, 0.29) is 11.6 Å². The van der Waals surface area contributed by atoms with Crippen LogP contribution in [0.2, 0.25) is 0 Å². The molecule has 4 nitrogen and oxygen atoms in total. The molecule has 4 heteroatoms. The van der Waals surface area contributed by atoms with E-state index in [0.717, 1.165) is 17.8 Å². The van der Waals surface area contributed by atoms with Crippen molar-refractivity contribution in [2.45, 2.75) is 26.3 Å². The summed E-state index contributed by atoms with van der Waals surface area (Å²) >= 11 is 0. The lowest BCUT2D eigenvalue weighted by Gasteiger charge is -2.25. The third kappa shape index (κ3) is 1.93. The predicted molar refractivity (Wildman–Crippen MR) is 77.7 cm³/mol. The van der Waals surface area contributed by atoms with Crippen LogP contribution in [-0.2, 0) is 6.42 Å². The summed E-state index contributed by atoms with van der Waals surface area (Å²) in [4.78, 5) is 17.9. The van der Waals surface area contributed by atoms with E-state index in [0.29, 0.717) is 5.82 Å². The van der Waals surface area contributed by atoms with Gasteiger partial charge in [-0.1, -0.05) is 18.2 Å². The Morgan fingerprint density at radius 2 is 2.05 bits per heavy atom. The molecule has 1 unspecified atom stereocenters. The van der Waals surface area contributed by atoms with Crippen molar-refractivity contribution in [1.29, 1.82) is 0 Å². The molecule has 0 radical (unpaired) electrons. The molecule has 0 amide bonds. The van der Waals surface area contributed by atoms with Crippen molar-refractivity contribution in [2.75, 3.05) is 4.90 Å². The fraction of sp³-hybridized carbons (Fsp3) is 0.250. The van der Waals surface area contributed by atoms with Crippen molar-refractivity contribution < 1.29 is 9.90 Å². The van der Waals surface area contributed by atoms with Crippen LogP contribution in [0.15, 0.2) is 36.4 Å². The van der Waals surface area contributed by atoms with Crippen LogP contribution < -0.4 is 4.90 Å². The van der Waals surface area contributed by atoms with E-state index >= 15 is 0 Å². The van der Waals surface area contributed by atoms with Gasteiger partial charge in [0, 0.05) is 17.4 Å². The minimum Gasteiger partial charge on any atom is -0.478 e. The van der Waals surface area contributed by atoms with Crippen LogP contribution in [-0.4, -0.2) is 22.1 Å². The van der Waals surface area contributed by atoms with Crippen LogP contribution in [0.25, 0.3) is 0 Å². The van der Waals surface area contributed by atoms with Gasteiger partial charge in [-0.2, -0.15) is 0 Å². The highest BCUT2D eigenvalue weighted by molar-refractivity contribution is 5.95. The van der Waals surface area contributed by atoms with E-state index in [2.05, 4.69) is 18.0 Å². The first-order valence-electron chi connectivity index (χ1n) is 6.66. The molecular formula is C16H16N2O2. The maximum atomic E-state index is 11.4. The third-order valence-electron chi connectivity index (χ3n) is 3.68. The molecule has 0 spiro atoms. The minimum atomic E-state index is -0.941. The number of rotatable bonds is 2. The average Bonchev–Trinajstić information content (AvgIpc) is 2.73. The number of para-hydroxylation sites is 1. The first kappa shape index (κ1) is 12.7. The molecule has 3 rings (SSSR count). The van der Waals surface area contributed by atoms with Gasteiger partial charge in [-0.25, -0.2) is 9.78 Å². The van der Waals surface area contributed by atoms with E-state index in [1.807, 2.05) is 30.0 Å². The zero-order valence-electron chi connectivity index (χ0n) is 11.5. The maximum absolute atomic E-state index is 11.4. The zero-order valence-corrected chi connectivity index (χ0v) is 11.5. The number of benzene rings is 1. The van der Waals surface area contributed by atoms with E-state index in [1.54, 1.807) is 12.1 Å². The normalized spacial score (nSPS) is 17.1. The molecule has 1 atom stereocenters. The number of aromatic carboxylic acids is 1. The molecule has 1 aliphatic rings. The lowest BCUT2D eigenvalue weighted by molar-refractivity contribution is 0.0697. The number of hydrogen-bond acceptors (Lipinski definition) is 3. The SMILES string of the molecule is Cc1ccc(C(=O)O)c(N2c3ccccc3CC2C)n1. The number of aromatic nitrogens is 1. The lowest BCUT2D eigenvalue weighted by Crippen LogP contribution is -2.27. The molecule has 1 N–H and O–H groups in total. The molecule has 1 aliphatic heterocycles. The summed E-state index contributed by atoms with van der Waals surface area (Å²) in [6, 6.07) is 11.7. The molecule has 20 heavy (non-hydrogen) atoms. The number of carboxylic acid groups (broad SMARTS) is 1. The number of fused-ring (bicyclic) bond motifs is 1. The van der Waals surface area contributed by atoms with Gasteiger partial charge in [-0.3, -0.25) is 0 Å². The second kappa shape index (κ2) is 4.63. The number of anilines is 2. The first-order chi connectivity index (χ1) is 9.58. The molecule has 0 saturated heterocycles. The van der Waals surface area contributed by atoms with Gasteiger partial charge in [0.2, 0.25) is 0 Å². The fourth-order valence-corrected chi connectivity index (χ4v) is 2.78. The Morgan fingerprint density at radius 3 is 2.80 bits per heavy atom. The molecule has 0 bridgehead atoms. The molecule has 2 heterocycles. The lowest BCUT2D eigenvalue weighted by atomic mass is 10.1. The summed E-state index contributed by atoms with van der Waals surface area (Å²) in [7, 11) is 0. The molecule has 0 fully saturated rings. The van der Waals surface area contributed by atoms with E-state index < -0.39 is 5.97 Å². The summed E-state index contributed by atoms with van der Waals surface area (Å²) in [5, 5.41) is 9.38. The van der Waals surface area contributed by atoms with Crippen molar-refractivity contribution in [3.05, 3.63) is 53.2 Å². The average molecular weight is 268 g/mol. The molecule has 102 valence electrons. The molecule has 1 aromatic heterocycles. The molecular weight excluding hydrogens is 252 g/mol. The summed E-state index contributed by atoms with van der Waals surface area (Å²) in [6.45, 7) is 3.97. The van der Waals surface area contributed by atoms with Crippen molar-refractivity contribution in [1.82, 2.24) is 4.98 Å². The van der Waals surface area contributed by atoms with Crippen LogP contribution >= 0.6 is 0 Å².